The molecule has 2 heterocycles. The fourth-order valence-corrected chi connectivity index (χ4v) is 3.48. The summed E-state index contributed by atoms with van der Waals surface area (Å²) in [5, 5.41) is 20.8. The van der Waals surface area contributed by atoms with Gasteiger partial charge in [-0.2, -0.15) is 5.26 Å². The molecule has 1 aromatic carbocycles. The van der Waals surface area contributed by atoms with Crippen LogP contribution in [0.5, 0.6) is 5.88 Å². The van der Waals surface area contributed by atoms with E-state index < -0.39 is 17.2 Å². The summed E-state index contributed by atoms with van der Waals surface area (Å²) in [6.45, 7) is 3.34. The molecule has 1 N–H and O–H groups in total. The van der Waals surface area contributed by atoms with Crippen LogP contribution >= 0.6 is 15.9 Å². The van der Waals surface area contributed by atoms with Gasteiger partial charge >= 0.3 is 0 Å². The van der Waals surface area contributed by atoms with E-state index in [0.29, 0.717) is 11.1 Å². The number of hydrogen-bond donors (Lipinski definition) is 1. The van der Waals surface area contributed by atoms with Crippen molar-refractivity contribution in [3.05, 3.63) is 61.0 Å². The van der Waals surface area contributed by atoms with Crippen LogP contribution in [0.15, 0.2) is 31.9 Å². The van der Waals surface area contributed by atoms with Crippen molar-refractivity contribution in [2.24, 2.45) is 0 Å². The number of furan rings is 1. The fraction of sp³-hybridized carbons (Fsp3) is 0.250. The van der Waals surface area contributed by atoms with Gasteiger partial charge in [-0.25, -0.2) is 0 Å². The molecule has 0 saturated heterocycles. The fourth-order valence-electron chi connectivity index (χ4n) is 3.14. The van der Waals surface area contributed by atoms with Crippen molar-refractivity contribution >= 4 is 32.7 Å². The molecule has 3 rings (SSSR count). The minimum atomic E-state index is -0.670. The maximum Gasteiger partial charge on any atom is 0.271 e. The van der Waals surface area contributed by atoms with Crippen molar-refractivity contribution in [2.75, 3.05) is 13.7 Å². The molecule has 0 fully saturated rings. The number of pyridine rings is 1. The Kier molecular flexibility index (Phi) is 5.40. The van der Waals surface area contributed by atoms with E-state index in [9.17, 15) is 20.0 Å². The number of aromatic nitrogens is 1. The second-order valence-electron chi connectivity index (χ2n) is 6.29. The average Bonchev–Trinajstić information content (AvgIpc) is 2.97. The summed E-state index contributed by atoms with van der Waals surface area (Å²) < 4.78 is 12.5. The molecule has 0 amide bonds. The number of nitriles is 1. The maximum absolute atomic E-state index is 13.2. The van der Waals surface area contributed by atoms with E-state index >= 15 is 0 Å². The van der Waals surface area contributed by atoms with Crippen LogP contribution < -0.4 is 5.56 Å². The number of carbonyl (C=O) groups is 1. The minimum Gasteiger partial charge on any atom is -0.494 e. The van der Waals surface area contributed by atoms with Crippen LogP contribution in [0.4, 0.5) is 0 Å². The monoisotopic (exact) mass is 444 g/mol. The zero-order valence-corrected chi connectivity index (χ0v) is 17.1. The Labute approximate surface area is 168 Å². The third kappa shape index (κ3) is 3.13. The van der Waals surface area contributed by atoms with Gasteiger partial charge in [-0.05, 0) is 37.6 Å². The van der Waals surface area contributed by atoms with Crippen LogP contribution in [0, 0.1) is 25.2 Å². The number of methoxy groups -OCH3 is 1. The van der Waals surface area contributed by atoms with Gasteiger partial charge in [0.1, 0.15) is 17.2 Å². The number of rotatable bonds is 5. The quantitative estimate of drug-likeness (QED) is 0.604. The molecule has 28 heavy (non-hydrogen) atoms. The number of carbonyl (C=O) groups excluding carboxylic acids is 1. The summed E-state index contributed by atoms with van der Waals surface area (Å²) in [6, 6.07) is 7.23. The Morgan fingerprint density at radius 2 is 2.07 bits per heavy atom. The van der Waals surface area contributed by atoms with Crippen LogP contribution in [0.2, 0.25) is 0 Å². The van der Waals surface area contributed by atoms with Gasteiger partial charge in [0.2, 0.25) is 11.7 Å². The minimum absolute atomic E-state index is 0.00245. The summed E-state index contributed by atoms with van der Waals surface area (Å²) in [4.78, 5) is 25.7. The summed E-state index contributed by atoms with van der Waals surface area (Å²) in [5.41, 5.74) is 0.239. The third-order valence-corrected chi connectivity index (χ3v) is 5.15. The lowest BCUT2D eigenvalue weighted by Gasteiger charge is -2.14. The van der Waals surface area contributed by atoms with Crippen LogP contribution in [0.1, 0.15) is 32.8 Å². The van der Waals surface area contributed by atoms with Crippen molar-refractivity contribution in [1.29, 1.82) is 5.26 Å². The highest BCUT2D eigenvalue weighted by Crippen LogP contribution is 2.32. The van der Waals surface area contributed by atoms with Crippen molar-refractivity contribution in [1.82, 2.24) is 4.57 Å². The number of ketones is 1. The SMILES string of the molecule is COCCn1c(O)c(C(=O)c2oc3cc(Br)ccc3c2C)c(C)c(C#N)c1=O. The lowest BCUT2D eigenvalue weighted by Crippen LogP contribution is -2.28. The number of fused-ring (bicyclic) bond motifs is 1. The topological polar surface area (TPSA) is 105 Å². The summed E-state index contributed by atoms with van der Waals surface area (Å²) in [5.74, 6) is -1.06. The number of ether oxygens (including phenoxy) is 1. The molecule has 0 aliphatic rings. The highest BCUT2D eigenvalue weighted by Gasteiger charge is 2.28. The van der Waals surface area contributed by atoms with Crippen molar-refractivity contribution in [3.8, 4) is 11.9 Å². The lowest BCUT2D eigenvalue weighted by molar-refractivity contribution is 0.100. The van der Waals surface area contributed by atoms with Gasteiger partial charge in [-0.15, -0.1) is 0 Å². The molecule has 0 aliphatic heterocycles. The Morgan fingerprint density at radius 3 is 2.71 bits per heavy atom. The lowest BCUT2D eigenvalue weighted by atomic mass is 9.98. The Hall–Kier alpha value is -2.89. The second kappa shape index (κ2) is 7.62. The Morgan fingerprint density at radius 1 is 1.36 bits per heavy atom. The van der Waals surface area contributed by atoms with Crippen LogP contribution in [0.25, 0.3) is 11.0 Å². The number of hydrogen-bond acceptors (Lipinski definition) is 6. The van der Waals surface area contributed by atoms with Gasteiger partial charge in [-0.3, -0.25) is 14.2 Å². The van der Waals surface area contributed by atoms with Gasteiger partial charge in [0, 0.05) is 22.5 Å². The van der Waals surface area contributed by atoms with Gasteiger partial charge < -0.3 is 14.3 Å². The normalized spacial score (nSPS) is 11.0. The molecule has 2 aromatic heterocycles. The van der Waals surface area contributed by atoms with E-state index in [1.807, 2.05) is 18.2 Å². The molecule has 144 valence electrons. The molecule has 7 nitrogen and oxygen atoms in total. The standard InChI is InChI=1S/C20H17BrN2O5/c1-10-14(9-22)19(25)23(6-7-27-3)20(26)16(10)17(24)18-11(2)13-5-4-12(21)8-15(13)28-18/h4-5,8,26H,6-7H2,1-3H3. The third-order valence-electron chi connectivity index (χ3n) is 4.65. The zero-order chi connectivity index (χ0) is 20.6. The molecular weight excluding hydrogens is 428 g/mol. The van der Waals surface area contributed by atoms with E-state index in [0.717, 1.165) is 14.4 Å². The number of aryl methyl sites for hydroxylation is 1. The summed E-state index contributed by atoms with van der Waals surface area (Å²) in [6.07, 6.45) is 0. The van der Waals surface area contributed by atoms with Crippen LogP contribution in [-0.4, -0.2) is 29.2 Å². The molecule has 0 bridgehead atoms. The van der Waals surface area contributed by atoms with E-state index in [-0.39, 0.29) is 35.6 Å². The van der Waals surface area contributed by atoms with E-state index in [2.05, 4.69) is 15.9 Å². The highest BCUT2D eigenvalue weighted by molar-refractivity contribution is 9.10. The molecule has 0 spiro atoms. The average molecular weight is 445 g/mol. The number of nitrogens with zero attached hydrogens (tertiary/aromatic N) is 2. The first-order chi connectivity index (χ1) is 13.3. The second-order valence-corrected chi connectivity index (χ2v) is 7.20. The Balaban J connectivity index is 2.26. The first-order valence-electron chi connectivity index (χ1n) is 8.40. The smallest absolute Gasteiger partial charge is 0.271 e. The highest BCUT2D eigenvalue weighted by atomic mass is 79.9. The Bertz CT molecular complexity index is 1200. The number of aromatic hydroxyl groups is 1. The van der Waals surface area contributed by atoms with E-state index in [1.54, 1.807) is 13.0 Å². The van der Waals surface area contributed by atoms with Gasteiger partial charge in [0.15, 0.2) is 5.76 Å². The maximum atomic E-state index is 13.2. The molecule has 0 aliphatic carbocycles. The van der Waals surface area contributed by atoms with Gasteiger partial charge in [-0.1, -0.05) is 15.9 Å². The molecule has 0 atom stereocenters. The summed E-state index contributed by atoms with van der Waals surface area (Å²) in [7, 11) is 1.45. The van der Waals surface area contributed by atoms with Crippen molar-refractivity contribution < 1.29 is 19.1 Å². The van der Waals surface area contributed by atoms with Gasteiger partial charge in [0.25, 0.3) is 5.56 Å². The number of halogens is 1. The molecule has 8 heteroatoms. The van der Waals surface area contributed by atoms with Crippen LogP contribution in [0.3, 0.4) is 0 Å². The van der Waals surface area contributed by atoms with E-state index in [1.165, 1.54) is 14.0 Å². The largest absolute Gasteiger partial charge is 0.494 e. The van der Waals surface area contributed by atoms with Gasteiger partial charge in [0.05, 0.1) is 18.7 Å². The zero-order valence-electron chi connectivity index (χ0n) is 15.5. The van der Waals surface area contributed by atoms with Crippen molar-refractivity contribution in [2.45, 2.75) is 20.4 Å². The predicted molar refractivity (Wildman–Crippen MR) is 106 cm³/mol. The molecule has 0 radical (unpaired) electrons. The molecule has 0 unspecified atom stereocenters. The first-order valence-corrected chi connectivity index (χ1v) is 9.19. The number of benzene rings is 1. The summed E-state index contributed by atoms with van der Waals surface area (Å²) >= 11 is 3.36. The molecule has 3 aromatic rings. The first kappa shape index (κ1) is 19.9. The van der Waals surface area contributed by atoms with Crippen molar-refractivity contribution in [3.63, 3.8) is 0 Å². The predicted octanol–water partition coefficient (Wildman–Crippen LogP) is 3.43. The van der Waals surface area contributed by atoms with Crippen LogP contribution in [-0.2, 0) is 11.3 Å². The molecule has 0 saturated carbocycles. The van der Waals surface area contributed by atoms with E-state index in [4.69, 9.17) is 9.15 Å². The molecular formula is C20H17BrN2O5.